The number of nitrogens with zero attached hydrogens (tertiary/aromatic N) is 6. The maximum atomic E-state index is 14.7. The first kappa shape index (κ1) is 25.4. The third-order valence-electron chi connectivity index (χ3n) is 6.50. The number of alkyl halides is 3. The van der Waals surface area contributed by atoms with Crippen LogP contribution in [0.5, 0.6) is 5.75 Å². The number of fused-ring (bicyclic) bond motifs is 1. The van der Waals surface area contributed by atoms with Crippen molar-refractivity contribution in [2.75, 3.05) is 24.5 Å². The second kappa shape index (κ2) is 9.23. The minimum atomic E-state index is -5.17. The fourth-order valence-corrected chi connectivity index (χ4v) is 4.57. The van der Waals surface area contributed by atoms with E-state index in [1.165, 1.54) is 17.9 Å². The van der Waals surface area contributed by atoms with E-state index in [2.05, 4.69) is 15.1 Å². The van der Waals surface area contributed by atoms with Crippen molar-refractivity contribution in [3.63, 3.8) is 0 Å². The van der Waals surface area contributed by atoms with Gasteiger partial charge < -0.3 is 14.9 Å². The van der Waals surface area contributed by atoms with Crippen molar-refractivity contribution in [2.24, 2.45) is 7.05 Å². The number of aromatic nitrogens is 4. The Hall–Kier alpha value is -4.29. The first-order valence-corrected chi connectivity index (χ1v) is 11.6. The summed E-state index contributed by atoms with van der Waals surface area (Å²) in [6.45, 7) is 3.15. The van der Waals surface area contributed by atoms with E-state index < -0.39 is 34.7 Å². The van der Waals surface area contributed by atoms with E-state index in [1.807, 2.05) is 17.9 Å². The highest BCUT2D eigenvalue weighted by Gasteiger charge is 2.38. The van der Waals surface area contributed by atoms with E-state index in [0.717, 1.165) is 0 Å². The molecule has 0 saturated carbocycles. The summed E-state index contributed by atoms with van der Waals surface area (Å²) >= 11 is 0. The lowest BCUT2D eigenvalue weighted by molar-refractivity contribution is -0.140. The number of piperazine rings is 1. The average molecular weight is 532 g/mol. The second-order valence-electron chi connectivity index (χ2n) is 8.99. The van der Waals surface area contributed by atoms with E-state index in [-0.39, 0.29) is 34.7 Å². The molecule has 1 aliphatic rings. The zero-order valence-electron chi connectivity index (χ0n) is 20.2. The molecular formula is C25H21F5N6O2. The zero-order chi connectivity index (χ0) is 27.4. The van der Waals surface area contributed by atoms with Gasteiger partial charge in [0.1, 0.15) is 5.69 Å². The number of amides is 1. The van der Waals surface area contributed by atoms with Gasteiger partial charge in [-0.3, -0.25) is 4.79 Å². The van der Waals surface area contributed by atoms with Crippen LogP contribution in [-0.2, 0) is 13.2 Å². The standard InChI is InChI=1S/C25H21F5N6O2/c1-13-12-35(23(38)14-6-4-3-5-7-14)8-9-36(13)24-31-11-16-20(33-34(2)22(16)32-24)15-10-17(25(28,29)30)19(27)21(37)18(15)26/h3-7,10-11,13,37H,8-9,12H2,1-2H3/t13-/m1/s1. The van der Waals surface area contributed by atoms with Crippen molar-refractivity contribution in [1.29, 1.82) is 0 Å². The van der Waals surface area contributed by atoms with Crippen LogP contribution in [0.2, 0.25) is 0 Å². The van der Waals surface area contributed by atoms with Crippen LogP contribution in [0.4, 0.5) is 27.9 Å². The molecule has 1 atom stereocenters. The van der Waals surface area contributed by atoms with Crippen molar-refractivity contribution < 1.29 is 31.9 Å². The molecule has 0 aliphatic carbocycles. The van der Waals surface area contributed by atoms with Gasteiger partial charge in [-0.1, -0.05) is 18.2 Å². The highest BCUT2D eigenvalue weighted by atomic mass is 19.4. The molecule has 1 saturated heterocycles. The Balaban J connectivity index is 1.47. The molecule has 2 aromatic carbocycles. The summed E-state index contributed by atoms with van der Waals surface area (Å²) in [5.41, 5.74) is -2.06. The van der Waals surface area contributed by atoms with Crippen LogP contribution in [0.3, 0.4) is 0 Å². The lowest BCUT2D eigenvalue weighted by Crippen LogP contribution is -2.54. The van der Waals surface area contributed by atoms with Crippen molar-refractivity contribution in [3.05, 3.63) is 65.4 Å². The lowest BCUT2D eigenvalue weighted by Gasteiger charge is -2.39. The fourth-order valence-electron chi connectivity index (χ4n) is 4.57. The Kier molecular flexibility index (Phi) is 6.16. The van der Waals surface area contributed by atoms with Crippen LogP contribution in [0, 0.1) is 11.6 Å². The minimum absolute atomic E-state index is 0.0902. The number of aryl methyl sites for hydroxylation is 1. The molecule has 1 N–H and O–H groups in total. The van der Waals surface area contributed by atoms with E-state index in [4.69, 9.17) is 0 Å². The molecule has 1 fully saturated rings. The number of rotatable bonds is 3. The van der Waals surface area contributed by atoms with Gasteiger partial charge in [-0.2, -0.15) is 23.3 Å². The number of carbonyl (C=O) groups is 1. The van der Waals surface area contributed by atoms with Crippen LogP contribution < -0.4 is 4.90 Å². The van der Waals surface area contributed by atoms with Crippen LogP contribution in [-0.4, -0.2) is 61.3 Å². The first-order valence-electron chi connectivity index (χ1n) is 11.6. The molecule has 2 aromatic heterocycles. The molecule has 1 aliphatic heterocycles. The Morgan fingerprint density at radius 3 is 2.47 bits per heavy atom. The highest BCUT2D eigenvalue weighted by molar-refractivity contribution is 5.94. The molecule has 8 nitrogen and oxygen atoms in total. The van der Waals surface area contributed by atoms with Gasteiger partial charge in [-0.05, 0) is 25.1 Å². The molecule has 0 radical (unpaired) electrons. The third-order valence-corrected chi connectivity index (χ3v) is 6.50. The van der Waals surface area contributed by atoms with Crippen molar-refractivity contribution in [1.82, 2.24) is 24.6 Å². The number of anilines is 1. The zero-order valence-corrected chi connectivity index (χ0v) is 20.2. The van der Waals surface area contributed by atoms with Crippen molar-refractivity contribution >= 4 is 22.9 Å². The molecule has 0 bridgehead atoms. The Bertz CT molecular complexity index is 1540. The normalized spacial score (nSPS) is 16.3. The summed E-state index contributed by atoms with van der Waals surface area (Å²) in [6.07, 6.45) is -3.88. The van der Waals surface area contributed by atoms with E-state index in [0.29, 0.717) is 31.1 Å². The summed E-state index contributed by atoms with van der Waals surface area (Å²) in [5, 5.41) is 13.9. The maximum absolute atomic E-state index is 14.7. The van der Waals surface area contributed by atoms with E-state index >= 15 is 0 Å². The van der Waals surface area contributed by atoms with Gasteiger partial charge in [0.2, 0.25) is 5.95 Å². The van der Waals surface area contributed by atoms with E-state index in [9.17, 15) is 31.9 Å². The number of phenols is 1. The van der Waals surface area contributed by atoms with E-state index in [1.54, 1.807) is 29.2 Å². The molecule has 4 aromatic rings. The van der Waals surface area contributed by atoms with Crippen LogP contribution in [0.25, 0.3) is 22.3 Å². The third kappa shape index (κ3) is 4.27. The number of carbonyl (C=O) groups excluding carboxylic acids is 1. The molecule has 0 spiro atoms. The minimum Gasteiger partial charge on any atom is -0.503 e. The van der Waals surface area contributed by atoms with Gasteiger partial charge in [0, 0.05) is 50.0 Å². The Labute approximate surface area is 212 Å². The van der Waals surface area contributed by atoms with Gasteiger partial charge in [-0.15, -0.1) is 0 Å². The molecule has 0 unspecified atom stereocenters. The summed E-state index contributed by atoms with van der Waals surface area (Å²) in [4.78, 5) is 25.3. The topological polar surface area (TPSA) is 87.4 Å². The van der Waals surface area contributed by atoms with Crippen LogP contribution >= 0.6 is 0 Å². The SMILES string of the molecule is C[C@@H]1CN(C(=O)c2ccccc2)CCN1c1ncc2c(-c3cc(C(F)(F)F)c(F)c(O)c3F)nn(C)c2n1. The largest absolute Gasteiger partial charge is 0.503 e. The second-order valence-corrected chi connectivity index (χ2v) is 8.99. The van der Waals surface area contributed by atoms with Crippen LogP contribution in [0.15, 0.2) is 42.6 Å². The number of hydrogen-bond acceptors (Lipinski definition) is 6. The molecular weight excluding hydrogens is 511 g/mol. The number of hydrogen-bond donors (Lipinski definition) is 1. The molecule has 3 heterocycles. The Morgan fingerprint density at radius 1 is 1.11 bits per heavy atom. The molecule has 13 heteroatoms. The summed E-state index contributed by atoms with van der Waals surface area (Å²) in [7, 11) is 1.47. The monoisotopic (exact) mass is 532 g/mol. The average Bonchev–Trinajstić information content (AvgIpc) is 3.22. The number of benzene rings is 2. The Morgan fingerprint density at radius 2 is 1.82 bits per heavy atom. The van der Waals surface area contributed by atoms with Crippen molar-refractivity contribution in [2.45, 2.75) is 19.1 Å². The first-order chi connectivity index (χ1) is 18.0. The van der Waals surface area contributed by atoms with Gasteiger partial charge in [0.25, 0.3) is 5.91 Å². The quantitative estimate of drug-likeness (QED) is 0.394. The van der Waals surface area contributed by atoms with Crippen LogP contribution in [0.1, 0.15) is 22.8 Å². The molecule has 1 amide bonds. The molecule has 5 rings (SSSR count). The molecule has 38 heavy (non-hydrogen) atoms. The number of phenolic OH excluding ortho intramolecular Hbond substituents is 1. The highest BCUT2D eigenvalue weighted by Crippen LogP contribution is 2.41. The summed E-state index contributed by atoms with van der Waals surface area (Å²) in [6, 6.07) is 9.02. The predicted molar refractivity (Wildman–Crippen MR) is 127 cm³/mol. The number of halogens is 5. The predicted octanol–water partition coefficient (Wildman–Crippen LogP) is 4.38. The fraction of sp³-hybridized carbons (Fsp3) is 0.280. The van der Waals surface area contributed by atoms with Crippen molar-refractivity contribution in [3.8, 4) is 17.0 Å². The van der Waals surface area contributed by atoms with Gasteiger partial charge in [-0.25, -0.2) is 18.4 Å². The van der Waals surface area contributed by atoms with Gasteiger partial charge in [0.15, 0.2) is 23.0 Å². The van der Waals surface area contributed by atoms with Gasteiger partial charge in [0.05, 0.1) is 10.9 Å². The smallest absolute Gasteiger partial charge is 0.419 e. The summed E-state index contributed by atoms with van der Waals surface area (Å²) < 4.78 is 69.8. The summed E-state index contributed by atoms with van der Waals surface area (Å²) in [5.74, 6) is -5.22. The number of aromatic hydroxyl groups is 1. The van der Waals surface area contributed by atoms with Gasteiger partial charge >= 0.3 is 6.18 Å². The maximum Gasteiger partial charge on any atom is 0.419 e. The molecule has 198 valence electrons. The lowest BCUT2D eigenvalue weighted by atomic mass is 10.0.